The summed E-state index contributed by atoms with van der Waals surface area (Å²) >= 11 is 7.53. The van der Waals surface area contributed by atoms with Gasteiger partial charge in [0.15, 0.2) is 5.75 Å². The van der Waals surface area contributed by atoms with Gasteiger partial charge in [0.1, 0.15) is 23.0 Å². The monoisotopic (exact) mass is 551 g/mol. The molecule has 1 aliphatic rings. The number of rotatable bonds is 11. The topological polar surface area (TPSA) is 40.2 Å². The molecule has 38 heavy (non-hydrogen) atoms. The molecule has 0 amide bonds. The molecule has 5 rings (SSSR count). The molecule has 0 spiro atoms. The predicted octanol–water partition coefficient (Wildman–Crippen LogP) is 8.10. The highest BCUT2D eigenvalue weighted by atomic mass is 35.5. The fourth-order valence-corrected chi connectivity index (χ4v) is 6.09. The summed E-state index contributed by atoms with van der Waals surface area (Å²) in [5.41, 5.74) is 1.08. The first-order valence-corrected chi connectivity index (χ1v) is 14.5. The molecule has 0 aliphatic carbocycles. The van der Waals surface area contributed by atoms with Gasteiger partial charge in [0, 0.05) is 16.0 Å². The maximum atomic E-state index is 6.51. The lowest BCUT2D eigenvalue weighted by molar-refractivity contribution is 0.141. The number of thiophene rings is 1. The first-order chi connectivity index (χ1) is 18.7. The minimum atomic E-state index is 0.597. The Morgan fingerprint density at radius 2 is 1.50 bits per heavy atom. The highest BCUT2D eigenvalue weighted by Crippen LogP contribution is 2.47. The van der Waals surface area contributed by atoms with Gasteiger partial charge in [-0.05, 0) is 117 Å². The van der Waals surface area contributed by atoms with E-state index in [2.05, 4.69) is 29.2 Å². The number of nitrogens with zero attached hydrogens (tertiary/aromatic N) is 1. The molecular formula is C31H34ClNO4S. The summed E-state index contributed by atoms with van der Waals surface area (Å²) in [5, 5.41) is 1.05. The van der Waals surface area contributed by atoms with Crippen LogP contribution >= 0.6 is 22.9 Å². The van der Waals surface area contributed by atoms with Crippen LogP contribution in [0.5, 0.6) is 28.7 Å². The smallest absolute Gasteiger partial charge is 0.153 e. The summed E-state index contributed by atoms with van der Waals surface area (Å²) in [5.74, 6) is 5.47. The molecule has 0 radical (unpaired) electrons. The van der Waals surface area contributed by atoms with Gasteiger partial charge in [0.2, 0.25) is 0 Å². The first-order valence-electron chi connectivity index (χ1n) is 13.1. The van der Waals surface area contributed by atoms with Crippen molar-refractivity contribution in [3.05, 3.63) is 66.7 Å². The average Bonchev–Trinajstić information content (AvgIpc) is 3.33. The van der Waals surface area contributed by atoms with E-state index in [1.165, 1.54) is 12.8 Å². The largest absolute Gasteiger partial charge is 0.497 e. The molecule has 5 nitrogen and oxygen atoms in total. The second-order valence-corrected chi connectivity index (χ2v) is 11.0. The van der Waals surface area contributed by atoms with Crippen LogP contribution in [0.25, 0.3) is 20.5 Å². The van der Waals surface area contributed by atoms with Crippen molar-refractivity contribution in [2.75, 3.05) is 46.3 Å². The number of ether oxygens (including phenoxy) is 4. The van der Waals surface area contributed by atoms with Gasteiger partial charge in [-0.3, -0.25) is 0 Å². The Kier molecular flexibility index (Phi) is 8.94. The average molecular weight is 552 g/mol. The molecule has 0 bridgehead atoms. The standard InChI is InChI=1S/C31H34ClNO4S/c1-34-24-6-4-23(5-7-24)31-30(28-13-12-27(35-2)20-29(28)38-31)37-26-10-8-25(9-11-26)36-21-22-14-18-33(19-15-22)17-3-16-32/h4-13,20,22H,3,14-19,21H2,1-2H3. The maximum absolute atomic E-state index is 6.51. The van der Waals surface area contributed by atoms with Crippen LogP contribution in [0.4, 0.5) is 0 Å². The van der Waals surface area contributed by atoms with Gasteiger partial charge < -0.3 is 23.8 Å². The Hall–Kier alpha value is -2.93. The molecule has 1 fully saturated rings. The second kappa shape index (κ2) is 12.7. The Morgan fingerprint density at radius 3 is 2.18 bits per heavy atom. The van der Waals surface area contributed by atoms with Crippen LogP contribution in [0, 0.1) is 5.92 Å². The van der Waals surface area contributed by atoms with Crippen LogP contribution in [0.3, 0.4) is 0 Å². The number of likely N-dealkylation sites (tertiary alicyclic amines) is 1. The number of methoxy groups -OCH3 is 2. The third-order valence-corrected chi connectivity index (χ3v) is 8.50. The number of hydrogen-bond donors (Lipinski definition) is 0. The summed E-state index contributed by atoms with van der Waals surface area (Å²) in [6, 6.07) is 22.1. The zero-order valence-corrected chi connectivity index (χ0v) is 23.5. The number of fused-ring (bicyclic) bond motifs is 1. The van der Waals surface area contributed by atoms with E-state index in [-0.39, 0.29) is 0 Å². The van der Waals surface area contributed by atoms with Crippen molar-refractivity contribution in [1.29, 1.82) is 0 Å². The summed E-state index contributed by atoms with van der Waals surface area (Å²) in [6.45, 7) is 4.12. The molecule has 1 aliphatic heterocycles. The quantitative estimate of drug-likeness (QED) is 0.176. The molecule has 7 heteroatoms. The summed E-state index contributed by atoms with van der Waals surface area (Å²) in [6.07, 6.45) is 3.41. The lowest BCUT2D eigenvalue weighted by atomic mass is 9.98. The number of hydrogen-bond acceptors (Lipinski definition) is 6. The van der Waals surface area contributed by atoms with Crippen molar-refractivity contribution in [2.45, 2.75) is 19.3 Å². The lowest BCUT2D eigenvalue weighted by Crippen LogP contribution is -2.36. The van der Waals surface area contributed by atoms with Gasteiger partial charge in [-0.25, -0.2) is 0 Å². The lowest BCUT2D eigenvalue weighted by Gasteiger charge is -2.31. The molecule has 4 aromatic rings. The Bertz CT molecular complexity index is 1310. The Morgan fingerprint density at radius 1 is 0.842 bits per heavy atom. The summed E-state index contributed by atoms with van der Waals surface area (Å²) in [7, 11) is 3.36. The van der Waals surface area contributed by atoms with Crippen LogP contribution in [0.2, 0.25) is 0 Å². The van der Waals surface area contributed by atoms with Crippen molar-refractivity contribution in [3.63, 3.8) is 0 Å². The van der Waals surface area contributed by atoms with Crippen LogP contribution in [-0.2, 0) is 0 Å². The Balaban J connectivity index is 1.28. The third kappa shape index (κ3) is 6.37. The molecule has 0 N–H and O–H groups in total. The van der Waals surface area contributed by atoms with Crippen molar-refractivity contribution in [1.82, 2.24) is 4.90 Å². The van der Waals surface area contributed by atoms with Crippen molar-refractivity contribution in [2.24, 2.45) is 5.92 Å². The second-order valence-electron chi connectivity index (χ2n) is 9.56. The highest BCUT2D eigenvalue weighted by molar-refractivity contribution is 7.22. The van der Waals surface area contributed by atoms with E-state index in [0.29, 0.717) is 5.92 Å². The van der Waals surface area contributed by atoms with Crippen LogP contribution in [0.1, 0.15) is 19.3 Å². The zero-order chi connectivity index (χ0) is 26.3. The van der Waals surface area contributed by atoms with Gasteiger partial charge in [-0.1, -0.05) is 0 Å². The zero-order valence-electron chi connectivity index (χ0n) is 22.0. The van der Waals surface area contributed by atoms with E-state index >= 15 is 0 Å². The number of alkyl halides is 1. The van der Waals surface area contributed by atoms with E-state index in [0.717, 1.165) is 87.8 Å². The van der Waals surface area contributed by atoms with E-state index in [9.17, 15) is 0 Å². The molecule has 1 aromatic heterocycles. The fourth-order valence-electron chi connectivity index (χ4n) is 4.81. The van der Waals surface area contributed by atoms with Crippen molar-refractivity contribution >= 4 is 33.0 Å². The maximum Gasteiger partial charge on any atom is 0.153 e. The Labute approximate surface area is 233 Å². The molecule has 0 saturated carbocycles. The predicted molar refractivity (Wildman–Crippen MR) is 157 cm³/mol. The normalized spacial score (nSPS) is 14.5. The highest BCUT2D eigenvalue weighted by Gasteiger charge is 2.20. The van der Waals surface area contributed by atoms with Gasteiger partial charge >= 0.3 is 0 Å². The van der Waals surface area contributed by atoms with Gasteiger partial charge in [-0.2, -0.15) is 0 Å². The molecule has 0 unspecified atom stereocenters. The van der Waals surface area contributed by atoms with E-state index in [4.69, 9.17) is 30.5 Å². The fraction of sp³-hybridized carbons (Fsp3) is 0.355. The molecule has 1 saturated heterocycles. The number of halogens is 1. The van der Waals surface area contributed by atoms with Crippen LogP contribution < -0.4 is 18.9 Å². The molecule has 2 heterocycles. The minimum Gasteiger partial charge on any atom is -0.497 e. The summed E-state index contributed by atoms with van der Waals surface area (Å²) in [4.78, 5) is 3.57. The van der Waals surface area contributed by atoms with Crippen LogP contribution in [-0.4, -0.2) is 51.2 Å². The summed E-state index contributed by atoms with van der Waals surface area (Å²) < 4.78 is 24.6. The van der Waals surface area contributed by atoms with Crippen molar-refractivity contribution < 1.29 is 18.9 Å². The van der Waals surface area contributed by atoms with E-state index in [1.807, 2.05) is 42.5 Å². The molecule has 0 atom stereocenters. The number of benzene rings is 3. The number of piperidine rings is 1. The van der Waals surface area contributed by atoms with E-state index < -0.39 is 0 Å². The van der Waals surface area contributed by atoms with Crippen molar-refractivity contribution in [3.8, 4) is 39.2 Å². The minimum absolute atomic E-state index is 0.597. The van der Waals surface area contributed by atoms with E-state index in [1.54, 1.807) is 25.6 Å². The van der Waals surface area contributed by atoms with Gasteiger partial charge in [-0.15, -0.1) is 22.9 Å². The third-order valence-electron chi connectivity index (χ3n) is 7.05. The van der Waals surface area contributed by atoms with Crippen LogP contribution in [0.15, 0.2) is 66.7 Å². The molecule has 200 valence electrons. The molecule has 3 aromatic carbocycles. The SMILES string of the molecule is COc1ccc(-c2sc3cc(OC)ccc3c2Oc2ccc(OCC3CCN(CCCCl)CC3)cc2)cc1. The van der Waals surface area contributed by atoms with Gasteiger partial charge in [0.25, 0.3) is 0 Å². The van der Waals surface area contributed by atoms with Gasteiger partial charge in [0.05, 0.1) is 25.7 Å². The first kappa shape index (κ1) is 26.7. The molecular weight excluding hydrogens is 518 g/mol.